The molecule has 0 unspecified atom stereocenters. The van der Waals surface area contributed by atoms with Crippen LogP contribution in [0.5, 0.6) is 0 Å². The van der Waals surface area contributed by atoms with Crippen molar-refractivity contribution in [3.8, 4) is 0 Å². The molecule has 0 aromatic heterocycles. The van der Waals surface area contributed by atoms with Crippen LogP contribution in [-0.4, -0.2) is 3.21 Å². The van der Waals surface area contributed by atoms with E-state index in [-0.39, 0.29) is 0 Å². The molecule has 0 saturated carbocycles. The summed E-state index contributed by atoms with van der Waals surface area (Å²) in [5.74, 6) is 0. The second kappa shape index (κ2) is 10.3. The predicted octanol–water partition coefficient (Wildman–Crippen LogP) is 6.09. The standard InChI is InChI=1S/C9H7.C5H5.C3H6.2ClH.Zr/c1-2-5-9-7-3-6-8(9)4-1;1-2-4-5-3-1;1-3-2;;;/h1-7H;1-5H;1-2H3;2*1H;/q2*-1;;;;+2/p-2. The van der Waals surface area contributed by atoms with E-state index in [1.807, 2.05) is 44.2 Å². The molecule has 106 valence electrons. The molecule has 0 aliphatic rings. The molecular weight excluding hydrogens is 366 g/mol. The van der Waals surface area contributed by atoms with Gasteiger partial charge in [0.05, 0.1) is 0 Å². The molecule has 0 aliphatic heterocycles. The number of hydrogen-bond donors (Lipinski definition) is 0. The van der Waals surface area contributed by atoms with Crippen LogP contribution < -0.4 is 0 Å². The molecule has 0 amide bonds. The minimum atomic E-state index is -1.84. The summed E-state index contributed by atoms with van der Waals surface area (Å²) in [5.41, 5.74) is 0. The Morgan fingerprint density at radius 3 is 1.95 bits per heavy atom. The molecule has 3 heteroatoms. The third-order valence-corrected chi connectivity index (χ3v) is 8.81. The van der Waals surface area contributed by atoms with Gasteiger partial charge in [-0.25, -0.2) is 12.1 Å². The van der Waals surface area contributed by atoms with E-state index in [2.05, 4.69) is 42.5 Å². The summed E-state index contributed by atoms with van der Waals surface area (Å²) in [4.78, 5) is 0. The zero-order valence-electron chi connectivity index (χ0n) is 11.7. The molecule has 3 aromatic carbocycles. The van der Waals surface area contributed by atoms with Gasteiger partial charge >= 0.3 is 53.0 Å². The largest absolute Gasteiger partial charge is 0.214 e. The molecule has 0 aliphatic carbocycles. The molecule has 0 heterocycles. The van der Waals surface area contributed by atoms with Gasteiger partial charge in [-0.05, 0) is 0 Å². The Morgan fingerprint density at radius 2 is 1.50 bits per heavy atom. The average Bonchev–Trinajstić information content (AvgIpc) is 3.14. The molecule has 0 atom stereocenters. The first kappa shape index (κ1) is 17.6. The number of hydrogen-bond acceptors (Lipinski definition) is 0. The van der Waals surface area contributed by atoms with Crippen molar-refractivity contribution >= 4 is 31.0 Å². The van der Waals surface area contributed by atoms with Crippen molar-refractivity contribution < 1.29 is 18.9 Å². The van der Waals surface area contributed by atoms with E-state index < -0.39 is 18.9 Å². The smallest absolute Gasteiger partial charge is 0.0809 e. The summed E-state index contributed by atoms with van der Waals surface area (Å²) in [6, 6.07) is 24.7. The first-order valence-corrected chi connectivity index (χ1v) is 13.9. The molecule has 3 rings (SSSR count). The minimum Gasteiger partial charge on any atom is -0.214 e. The fourth-order valence-electron chi connectivity index (χ4n) is 1.39. The quantitative estimate of drug-likeness (QED) is 0.412. The Kier molecular flexibility index (Phi) is 9.02. The van der Waals surface area contributed by atoms with Crippen molar-refractivity contribution in [2.75, 3.05) is 0 Å². The van der Waals surface area contributed by atoms with Gasteiger partial charge in [-0.2, -0.15) is 35.7 Å². The van der Waals surface area contributed by atoms with Crippen LogP contribution >= 0.6 is 17.0 Å². The molecule has 0 spiro atoms. The molecule has 0 radical (unpaired) electrons. The van der Waals surface area contributed by atoms with Gasteiger partial charge in [0.15, 0.2) is 0 Å². The van der Waals surface area contributed by atoms with Gasteiger partial charge in [0.1, 0.15) is 0 Å². The van der Waals surface area contributed by atoms with Crippen molar-refractivity contribution in [2.24, 2.45) is 0 Å². The zero-order valence-corrected chi connectivity index (χ0v) is 15.7. The molecular formula is C17H18Cl2Zr-2. The summed E-state index contributed by atoms with van der Waals surface area (Å²) in [6.45, 7) is 3.96. The molecule has 0 bridgehead atoms. The summed E-state index contributed by atoms with van der Waals surface area (Å²) in [7, 11) is 11.1. The van der Waals surface area contributed by atoms with Gasteiger partial charge in [-0.15, -0.1) is 29.7 Å². The van der Waals surface area contributed by atoms with E-state index in [9.17, 15) is 0 Å². The van der Waals surface area contributed by atoms with Gasteiger partial charge in [0, 0.05) is 0 Å². The van der Waals surface area contributed by atoms with E-state index in [0.29, 0.717) is 0 Å². The van der Waals surface area contributed by atoms with E-state index in [1.165, 1.54) is 14.0 Å². The monoisotopic (exact) mass is 382 g/mol. The Balaban J connectivity index is 0.000000160. The van der Waals surface area contributed by atoms with Gasteiger partial charge in [-0.3, -0.25) is 0 Å². The van der Waals surface area contributed by atoms with Crippen LogP contribution in [0.15, 0.2) is 72.8 Å². The van der Waals surface area contributed by atoms with Crippen LogP contribution in [0.4, 0.5) is 0 Å². The number of benzene rings is 1. The topological polar surface area (TPSA) is 0 Å². The molecule has 0 nitrogen and oxygen atoms in total. The molecule has 3 aromatic rings. The number of halogens is 2. The summed E-state index contributed by atoms with van der Waals surface area (Å²) < 4.78 is 1.24. The third-order valence-electron chi connectivity index (χ3n) is 2.48. The van der Waals surface area contributed by atoms with Crippen molar-refractivity contribution in [2.45, 2.75) is 13.8 Å². The molecule has 0 N–H and O–H groups in total. The van der Waals surface area contributed by atoms with Gasteiger partial charge in [0.25, 0.3) is 0 Å². The Morgan fingerprint density at radius 1 is 0.900 bits per heavy atom. The van der Waals surface area contributed by atoms with E-state index in [0.717, 1.165) is 0 Å². The second-order valence-corrected chi connectivity index (χ2v) is 13.7. The van der Waals surface area contributed by atoms with Crippen LogP contribution in [-0.2, 0) is 18.9 Å². The number of fused-ring (bicyclic) bond motifs is 1. The van der Waals surface area contributed by atoms with Gasteiger partial charge in [-0.1, -0.05) is 6.07 Å². The van der Waals surface area contributed by atoms with Crippen LogP contribution in [0.2, 0.25) is 0 Å². The Labute approximate surface area is 135 Å². The third kappa shape index (κ3) is 7.34. The van der Waals surface area contributed by atoms with Crippen molar-refractivity contribution in [3.63, 3.8) is 0 Å². The summed E-state index contributed by atoms with van der Waals surface area (Å²) in [6.07, 6.45) is 0. The maximum Gasteiger partial charge on any atom is -0.0809 e. The fraction of sp³-hybridized carbons (Fsp3) is 0.118. The Hall–Kier alpha value is -0.487. The average molecular weight is 384 g/mol. The first-order valence-electron chi connectivity index (χ1n) is 6.37. The van der Waals surface area contributed by atoms with E-state index >= 15 is 0 Å². The van der Waals surface area contributed by atoms with Crippen molar-refractivity contribution in [1.29, 1.82) is 0 Å². The second-order valence-electron chi connectivity index (χ2n) is 4.38. The van der Waals surface area contributed by atoms with Crippen LogP contribution in [0.3, 0.4) is 0 Å². The first-order chi connectivity index (χ1) is 9.61. The van der Waals surface area contributed by atoms with Crippen LogP contribution in [0.1, 0.15) is 13.8 Å². The fourth-order valence-corrected chi connectivity index (χ4v) is 1.39. The van der Waals surface area contributed by atoms with E-state index in [1.54, 1.807) is 0 Å². The minimum absolute atomic E-state index is 1.24. The molecule has 0 saturated heterocycles. The SMILES string of the molecule is C[C](C)=[Zr]([Cl])[Cl].c1cc[cH-]c1.c1ccc2[cH-]ccc2c1. The summed E-state index contributed by atoms with van der Waals surface area (Å²) in [5, 5.41) is 2.66. The van der Waals surface area contributed by atoms with Gasteiger partial charge < -0.3 is 0 Å². The maximum absolute atomic E-state index is 5.54. The summed E-state index contributed by atoms with van der Waals surface area (Å²) >= 11 is -1.84. The zero-order chi connectivity index (χ0) is 14.8. The number of rotatable bonds is 0. The van der Waals surface area contributed by atoms with E-state index in [4.69, 9.17) is 17.0 Å². The maximum atomic E-state index is 5.54. The van der Waals surface area contributed by atoms with Crippen molar-refractivity contribution in [3.05, 3.63) is 72.8 Å². The Bertz CT molecular complexity index is 556. The van der Waals surface area contributed by atoms with Gasteiger partial charge in [0.2, 0.25) is 0 Å². The normalized spacial score (nSPS) is 9.00. The van der Waals surface area contributed by atoms with Crippen LogP contribution in [0, 0.1) is 0 Å². The molecule has 20 heavy (non-hydrogen) atoms. The molecule has 0 fully saturated rings. The predicted molar refractivity (Wildman–Crippen MR) is 89.6 cm³/mol. The van der Waals surface area contributed by atoms with Crippen LogP contribution in [0.25, 0.3) is 10.8 Å². The van der Waals surface area contributed by atoms with Crippen molar-refractivity contribution in [1.82, 2.24) is 0 Å².